The van der Waals surface area contributed by atoms with E-state index < -0.39 is 70.1 Å². The van der Waals surface area contributed by atoms with Crippen molar-refractivity contribution >= 4 is 40.6 Å². The summed E-state index contributed by atoms with van der Waals surface area (Å²) in [7, 11) is 3.06. The summed E-state index contributed by atoms with van der Waals surface area (Å²) < 4.78 is 0. The van der Waals surface area contributed by atoms with Crippen LogP contribution in [-0.2, 0) is 30.4 Å². The molecule has 0 aliphatic heterocycles. The van der Waals surface area contributed by atoms with Crippen LogP contribution in [0.25, 0.3) is 0 Å². The second kappa shape index (κ2) is 9.34. The van der Waals surface area contributed by atoms with Crippen molar-refractivity contribution in [2.75, 3.05) is 32.5 Å². The Hall–Kier alpha value is -3.64. The van der Waals surface area contributed by atoms with Gasteiger partial charge in [-0.05, 0) is 51.4 Å². The van der Waals surface area contributed by atoms with Crippen LogP contribution in [-0.4, -0.2) is 88.9 Å². The first-order chi connectivity index (χ1) is 17.4. The predicted octanol–water partition coefficient (Wildman–Crippen LogP) is -1.58. The number of rotatable bonds is 6. The van der Waals surface area contributed by atoms with Gasteiger partial charge in [0.15, 0.2) is 34.7 Å². The number of carbonyl (C=O) groups excluding carboxylic acids is 6. The number of Topliss-reactive ketones (excluding diaryl/α,β-unsaturated/α-hetero) is 4. The summed E-state index contributed by atoms with van der Waals surface area (Å²) in [5, 5.41) is 27.8. The van der Waals surface area contributed by atoms with Crippen molar-refractivity contribution < 1.29 is 39.0 Å². The number of anilines is 1. The minimum Gasteiger partial charge on any atom is -0.505 e. The van der Waals surface area contributed by atoms with E-state index in [1.54, 1.807) is 13.0 Å². The van der Waals surface area contributed by atoms with Gasteiger partial charge in [0.05, 0.1) is 29.8 Å². The molecule has 0 heterocycles. The Labute approximate surface area is 212 Å². The van der Waals surface area contributed by atoms with Crippen molar-refractivity contribution in [3.63, 3.8) is 0 Å². The minimum atomic E-state index is -2.76. The maximum absolute atomic E-state index is 13.7. The SMILES string of the molecule is CCNC(=O)CNc1ccc2c(c1O)C(=O)C1C(=O)C3(O)C(=O)C(C(N)=O)C(=O)[C@@H](N(C)C)C3CC1C2. The number of ketones is 4. The van der Waals surface area contributed by atoms with Crippen LogP contribution in [0, 0.1) is 23.7 Å². The fraction of sp³-hybridized carbons (Fsp3) is 0.520. The first kappa shape index (κ1) is 26.4. The minimum absolute atomic E-state index is 0.0121. The molecule has 5 unspecified atom stereocenters. The molecular formula is C25H30N4O8. The molecule has 12 nitrogen and oxygen atoms in total. The van der Waals surface area contributed by atoms with Gasteiger partial charge < -0.3 is 26.6 Å². The van der Waals surface area contributed by atoms with Crippen molar-refractivity contribution in [1.82, 2.24) is 10.2 Å². The number of aliphatic hydroxyl groups is 1. The monoisotopic (exact) mass is 514 g/mol. The maximum Gasteiger partial charge on any atom is 0.239 e. The van der Waals surface area contributed by atoms with Crippen LogP contribution >= 0.6 is 0 Å². The summed E-state index contributed by atoms with van der Waals surface area (Å²) in [6.07, 6.45) is 0.165. The summed E-state index contributed by atoms with van der Waals surface area (Å²) >= 11 is 0. The first-order valence-corrected chi connectivity index (χ1v) is 12.1. The van der Waals surface area contributed by atoms with Crippen molar-refractivity contribution in [3.05, 3.63) is 23.3 Å². The molecule has 2 amide bonds. The standard InChI is InChI=1S/C25H30N4O8/c1-4-27-14(30)9-28-13-6-5-10-7-11-8-12-18(29(2)3)21(33)17(24(26)36)23(35)25(12,37)22(34)16(11)20(32)15(10)19(13)31/h5-6,11-12,16-18,28,31,37H,4,7-9H2,1-3H3,(H2,26,36)(H,27,30)/t11?,12?,16?,17?,18-,25?/m0/s1. The third-order valence-corrected chi connectivity index (χ3v) is 7.75. The molecule has 1 aromatic rings. The number of hydrogen-bond acceptors (Lipinski definition) is 10. The molecule has 4 rings (SSSR count). The lowest BCUT2D eigenvalue weighted by molar-refractivity contribution is -0.181. The summed E-state index contributed by atoms with van der Waals surface area (Å²) in [6.45, 7) is 2.01. The van der Waals surface area contributed by atoms with Crippen LogP contribution in [0.5, 0.6) is 5.75 Å². The topological polar surface area (TPSA) is 196 Å². The normalized spacial score (nSPS) is 30.9. The van der Waals surface area contributed by atoms with Gasteiger partial charge in [0.2, 0.25) is 11.8 Å². The van der Waals surface area contributed by atoms with Crippen molar-refractivity contribution in [2.45, 2.75) is 31.4 Å². The van der Waals surface area contributed by atoms with Crippen LogP contribution in [0.3, 0.4) is 0 Å². The highest BCUT2D eigenvalue weighted by atomic mass is 16.3. The lowest BCUT2D eigenvalue weighted by Crippen LogP contribution is -2.74. The van der Waals surface area contributed by atoms with Crippen LogP contribution in [0.1, 0.15) is 29.3 Å². The first-order valence-electron chi connectivity index (χ1n) is 12.1. The number of hydrogen-bond donors (Lipinski definition) is 5. The molecule has 6 N–H and O–H groups in total. The van der Waals surface area contributed by atoms with Gasteiger partial charge in [-0.2, -0.15) is 0 Å². The molecule has 37 heavy (non-hydrogen) atoms. The quantitative estimate of drug-likeness (QED) is 0.218. The van der Waals surface area contributed by atoms with Crippen LogP contribution in [0.2, 0.25) is 0 Å². The zero-order chi connectivity index (χ0) is 27.4. The van der Waals surface area contributed by atoms with Crippen molar-refractivity contribution in [1.29, 1.82) is 0 Å². The summed E-state index contributed by atoms with van der Waals surface area (Å²) in [5.74, 6) is -11.3. The van der Waals surface area contributed by atoms with Gasteiger partial charge in [0.1, 0.15) is 5.75 Å². The van der Waals surface area contributed by atoms with E-state index in [0.29, 0.717) is 12.1 Å². The molecule has 0 radical (unpaired) electrons. The average molecular weight is 515 g/mol. The fourth-order valence-corrected chi connectivity index (χ4v) is 6.16. The second-order valence-corrected chi connectivity index (χ2v) is 10.1. The van der Waals surface area contributed by atoms with E-state index in [4.69, 9.17) is 5.73 Å². The molecule has 0 aromatic heterocycles. The number of phenolic OH excluding ortho intramolecular Hbond substituents is 1. The summed E-state index contributed by atoms with van der Waals surface area (Å²) in [4.78, 5) is 78.9. The van der Waals surface area contributed by atoms with Crippen LogP contribution in [0.4, 0.5) is 5.69 Å². The third-order valence-electron chi connectivity index (χ3n) is 7.75. The van der Waals surface area contributed by atoms with Gasteiger partial charge >= 0.3 is 0 Å². The van der Waals surface area contributed by atoms with Crippen molar-refractivity contribution in [3.8, 4) is 5.75 Å². The number of primary amides is 1. The summed E-state index contributed by atoms with van der Waals surface area (Å²) in [6, 6.07) is 1.99. The molecule has 2 saturated carbocycles. The Balaban J connectivity index is 1.74. The Morgan fingerprint density at radius 2 is 1.84 bits per heavy atom. The molecule has 3 aliphatic carbocycles. The zero-order valence-corrected chi connectivity index (χ0v) is 20.7. The lowest BCUT2D eigenvalue weighted by atomic mass is 9.52. The number of amides is 2. The van der Waals surface area contributed by atoms with Crippen LogP contribution < -0.4 is 16.4 Å². The van der Waals surface area contributed by atoms with Gasteiger partial charge in [0.25, 0.3) is 0 Å². The van der Waals surface area contributed by atoms with Crippen LogP contribution in [0.15, 0.2) is 12.1 Å². The third kappa shape index (κ3) is 3.91. The highest BCUT2D eigenvalue weighted by Crippen LogP contribution is 2.51. The molecule has 0 saturated heterocycles. The van der Waals surface area contributed by atoms with Crippen molar-refractivity contribution in [2.24, 2.45) is 29.4 Å². The number of phenols is 1. The largest absolute Gasteiger partial charge is 0.505 e. The molecule has 12 heteroatoms. The molecule has 2 fully saturated rings. The van der Waals surface area contributed by atoms with Gasteiger partial charge in [-0.15, -0.1) is 0 Å². The van der Waals surface area contributed by atoms with E-state index in [0.717, 1.165) is 0 Å². The number of likely N-dealkylation sites (N-methyl/N-ethyl adjacent to an activating group) is 2. The van der Waals surface area contributed by atoms with E-state index in [-0.39, 0.29) is 36.5 Å². The molecule has 0 spiro atoms. The number of carbonyl (C=O) groups is 6. The molecule has 3 aliphatic rings. The Bertz CT molecular complexity index is 1230. The number of fused-ring (bicyclic) bond motifs is 3. The number of nitrogens with zero attached hydrogens (tertiary/aromatic N) is 1. The van der Waals surface area contributed by atoms with E-state index in [1.165, 1.54) is 25.1 Å². The highest BCUT2D eigenvalue weighted by molar-refractivity contribution is 6.32. The molecule has 198 valence electrons. The number of aromatic hydroxyl groups is 1. The Kier molecular flexibility index (Phi) is 6.67. The average Bonchev–Trinajstić information content (AvgIpc) is 2.80. The second-order valence-electron chi connectivity index (χ2n) is 10.1. The van der Waals surface area contributed by atoms with E-state index in [9.17, 15) is 39.0 Å². The fourth-order valence-electron chi connectivity index (χ4n) is 6.16. The number of benzene rings is 1. The van der Waals surface area contributed by atoms with Gasteiger partial charge in [0, 0.05) is 12.5 Å². The molecule has 0 bridgehead atoms. The van der Waals surface area contributed by atoms with E-state index in [1.807, 2.05) is 0 Å². The Morgan fingerprint density at radius 3 is 2.43 bits per heavy atom. The lowest BCUT2D eigenvalue weighted by Gasteiger charge is -2.52. The summed E-state index contributed by atoms with van der Waals surface area (Å²) in [5.41, 5.74) is 2.99. The predicted molar refractivity (Wildman–Crippen MR) is 129 cm³/mol. The Morgan fingerprint density at radius 1 is 1.16 bits per heavy atom. The highest BCUT2D eigenvalue weighted by Gasteiger charge is 2.69. The zero-order valence-electron chi connectivity index (χ0n) is 20.7. The smallest absolute Gasteiger partial charge is 0.239 e. The van der Waals surface area contributed by atoms with Gasteiger partial charge in [-0.3, -0.25) is 33.7 Å². The maximum atomic E-state index is 13.7. The van der Waals surface area contributed by atoms with Gasteiger partial charge in [-0.25, -0.2) is 0 Å². The number of nitrogens with one attached hydrogen (secondary N) is 2. The molecule has 1 aromatic carbocycles. The van der Waals surface area contributed by atoms with E-state index >= 15 is 0 Å². The van der Waals surface area contributed by atoms with E-state index in [2.05, 4.69) is 10.6 Å². The van der Waals surface area contributed by atoms with Gasteiger partial charge in [-0.1, -0.05) is 6.07 Å². The molecular weight excluding hydrogens is 484 g/mol. The molecule has 6 atom stereocenters. The number of nitrogens with two attached hydrogens (primary N) is 1.